The molecule has 3 aromatic rings. The predicted octanol–water partition coefficient (Wildman–Crippen LogP) is 3.20. The normalized spacial score (nSPS) is 16.6. The predicted molar refractivity (Wildman–Crippen MR) is 118 cm³/mol. The average Bonchev–Trinajstić information content (AvgIpc) is 2.75. The first kappa shape index (κ1) is 20.9. The molecule has 0 radical (unpaired) electrons. The van der Waals surface area contributed by atoms with Crippen LogP contribution in [0.15, 0.2) is 59.6 Å². The van der Waals surface area contributed by atoms with Gasteiger partial charge in [-0.3, -0.25) is 9.88 Å². The van der Waals surface area contributed by atoms with Crippen LogP contribution in [-0.2, 0) is 14.8 Å². The minimum atomic E-state index is -3.73. The summed E-state index contributed by atoms with van der Waals surface area (Å²) in [5.41, 5.74) is 3.66. The first-order valence-corrected chi connectivity index (χ1v) is 11.7. The van der Waals surface area contributed by atoms with E-state index in [0.29, 0.717) is 18.7 Å². The number of ether oxygens (including phenoxy) is 1. The standard InChI is InChI=1S/C23H27N3O3S/c1-17-5-7-19(8-6-17)21(26-10-12-29-13-11-26)16-25-30(27,28)22-15-18(2)14-20-4-3-9-24-23(20)22/h3-9,14-15,21,25H,10-13,16H2,1-2H3/t21-/m0/s1. The highest BCUT2D eigenvalue weighted by Gasteiger charge is 2.26. The van der Waals surface area contributed by atoms with Crippen LogP contribution in [0, 0.1) is 13.8 Å². The van der Waals surface area contributed by atoms with E-state index in [9.17, 15) is 8.42 Å². The second-order valence-electron chi connectivity index (χ2n) is 7.76. The summed E-state index contributed by atoms with van der Waals surface area (Å²) in [5.74, 6) is 0. The molecule has 1 aromatic heterocycles. The molecular weight excluding hydrogens is 398 g/mol. The average molecular weight is 426 g/mol. The Morgan fingerprint density at radius 1 is 1.07 bits per heavy atom. The zero-order valence-electron chi connectivity index (χ0n) is 17.3. The molecule has 0 saturated carbocycles. The molecule has 0 spiro atoms. The summed E-state index contributed by atoms with van der Waals surface area (Å²) in [6.07, 6.45) is 1.62. The summed E-state index contributed by atoms with van der Waals surface area (Å²) in [5, 5.41) is 0.820. The number of nitrogens with zero attached hydrogens (tertiary/aromatic N) is 2. The number of aryl methyl sites for hydroxylation is 2. The maximum Gasteiger partial charge on any atom is 0.242 e. The second-order valence-corrected chi connectivity index (χ2v) is 9.50. The number of aromatic nitrogens is 1. The van der Waals surface area contributed by atoms with Crippen molar-refractivity contribution in [1.82, 2.24) is 14.6 Å². The molecule has 2 heterocycles. The number of hydrogen-bond donors (Lipinski definition) is 1. The minimum absolute atomic E-state index is 0.0618. The molecule has 1 saturated heterocycles. The Morgan fingerprint density at radius 2 is 1.80 bits per heavy atom. The zero-order valence-corrected chi connectivity index (χ0v) is 18.2. The molecule has 1 aliphatic rings. The zero-order chi connectivity index (χ0) is 21.1. The number of hydrogen-bond acceptors (Lipinski definition) is 5. The molecule has 4 rings (SSSR count). The van der Waals surface area contributed by atoms with Crippen molar-refractivity contribution < 1.29 is 13.2 Å². The van der Waals surface area contributed by atoms with Gasteiger partial charge in [-0.2, -0.15) is 0 Å². The molecule has 0 bridgehead atoms. The lowest BCUT2D eigenvalue weighted by Gasteiger charge is -2.35. The molecule has 7 heteroatoms. The summed E-state index contributed by atoms with van der Waals surface area (Å²) in [7, 11) is -3.73. The smallest absolute Gasteiger partial charge is 0.242 e. The Morgan fingerprint density at radius 3 is 2.53 bits per heavy atom. The van der Waals surface area contributed by atoms with Gasteiger partial charge in [0.2, 0.25) is 10.0 Å². The van der Waals surface area contributed by atoms with Crippen molar-refractivity contribution in [2.75, 3.05) is 32.8 Å². The number of morpholine rings is 1. The van der Waals surface area contributed by atoms with Crippen LogP contribution < -0.4 is 4.72 Å². The van der Waals surface area contributed by atoms with Crippen molar-refractivity contribution in [2.45, 2.75) is 24.8 Å². The lowest BCUT2D eigenvalue weighted by Crippen LogP contribution is -2.43. The van der Waals surface area contributed by atoms with E-state index in [0.717, 1.165) is 29.6 Å². The van der Waals surface area contributed by atoms with Crippen molar-refractivity contribution >= 4 is 20.9 Å². The highest BCUT2D eigenvalue weighted by Crippen LogP contribution is 2.25. The van der Waals surface area contributed by atoms with Crippen LogP contribution in [-0.4, -0.2) is 51.1 Å². The van der Waals surface area contributed by atoms with Gasteiger partial charge in [-0.1, -0.05) is 35.9 Å². The van der Waals surface area contributed by atoms with Crippen molar-refractivity contribution in [3.63, 3.8) is 0 Å². The fraction of sp³-hybridized carbons (Fsp3) is 0.348. The van der Waals surface area contributed by atoms with Crippen molar-refractivity contribution in [3.8, 4) is 0 Å². The van der Waals surface area contributed by atoms with E-state index in [-0.39, 0.29) is 17.5 Å². The van der Waals surface area contributed by atoms with Crippen LogP contribution in [0.5, 0.6) is 0 Å². The molecule has 30 heavy (non-hydrogen) atoms. The summed E-state index contributed by atoms with van der Waals surface area (Å²) in [6.45, 7) is 7.08. The first-order chi connectivity index (χ1) is 14.4. The monoisotopic (exact) mass is 425 g/mol. The molecule has 0 aliphatic carbocycles. The van der Waals surface area contributed by atoms with Gasteiger partial charge in [0.15, 0.2) is 0 Å². The van der Waals surface area contributed by atoms with Gasteiger partial charge in [0.25, 0.3) is 0 Å². The lowest BCUT2D eigenvalue weighted by molar-refractivity contribution is 0.0172. The lowest BCUT2D eigenvalue weighted by atomic mass is 10.0. The maximum absolute atomic E-state index is 13.3. The van der Waals surface area contributed by atoms with Crippen LogP contribution in [0.1, 0.15) is 22.7 Å². The van der Waals surface area contributed by atoms with E-state index < -0.39 is 10.0 Å². The van der Waals surface area contributed by atoms with Gasteiger partial charge in [0, 0.05) is 37.3 Å². The molecule has 0 unspecified atom stereocenters. The maximum atomic E-state index is 13.3. The molecule has 1 atom stereocenters. The van der Waals surface area contributed by atoms with E-state index in [2.05, 4.69) is 38.9 Å². The van der Waals surface area contributed by atoms with Crippen LogP contribution in [0.3, 0.4) is 0 Å². The number of benzene rings is 2. The largest absolute Gasteiger partial charge is 0.379 e. The van der Waals surface area contributed by atoms with Gasteiger partial charge in [-0.15, -0.1) is 0 Å². The van der Waals surface area contributed by atoms with E-state index in [1.165, 1.54) is 5.56 Å². The van der Waals surface area contributed by atoms with E-state index in [1.807, 2.05) is 32.0 Å². The number of fused-ring (bicyclic) bond motifs is 1. The topological polar surface area (TPSA) is 71.5 Å². The molecule has 158 valence electrons. The molecule has 1 N–H and O–H groups in total. The van der Waals surface area contributed by atoms with Crippen LogP contribution in [0.25, 0.3) is 10.9 Å². The SMILES string of the molecule is Cc1ccc([C@H](CNS(=O)(=O)c2cc(C)cc3cccnc23)N2CCOCC2)cc1. The molecule has 6 nitrogen and oxygen atoms in total. The van der Waals surface area contributed by atoms with Gasteiger partial charge in [-0.05, 0) is 43.2 Å². The van der Waals surface area contributed by atoms with Crippen molar-refractivity contribution in [2.24, 2.45) is 0 Å². The fourth-order valence-corrected chi connectivity index (χ4v) is 5.21. The summed E-state index contributed by atoms with van der Waals surface area (Å²) in [6, 6.07) is 15.6. The fourth-order valence-electron chi connectivity index (χ4n) is 3.91. The molecule has 1 aliphatic heterocycles. The number of rotatable bonds is 6. The van der Waals surface area contributed by atoms with Gasteiger partial charge in [0.1, 0.15) is 4.90 Å². The Labute approximate surface area is 177 Å². The Balaban J connectivity index is 1.63. The number of sulfonamides is 1. The number of nitrogens with one attached hydrogen (secondary N) is 1. The molecular formula is C23H27N3O3S. The van der Waals surface area contributed by atoms with Gasteiger partial charge < -0.3 is 4.74 Å². The third-order valence-electron chi connectivity index (χ3n) is 5.52. The molecule has 0 amide bonds. The third kappa shape index (κ3) is 4.54. The molecule has 1 fully saturated rings. The quantitative estimate of drug-likeness (QED) is 0.657. The molecule has 2 aromatic carbocycles. The summed E-state index contributed by atoms with van der Waals surface area (Å²) in [4.78, 5) is 6.83. The van der Waals surface area contributed by atoms with Gasteiger partial charge in [0.05, 0.1) is 18.7 Å². The highest BCUT2D eigenvalue weighted by atomic mass is 32.2. The van der Waals surface area contributed by atoms with Gasteiger partial charge >= 0.3 is 0 Å². The highest BCUT2D eigenvalue weighted by molar-refractivity contribution is 7.89. The van der Waals surface area contributed by atoms with Crippen LogP contribution >= 0.6 is 0 Å². The van der Waals surface area contributed by atoms with Crippen LogP contribution in [0.2, 0.25) is 0 Å². The number of pyridine rings is 1. The van der Waals surface area contributed by atoms with E-state index in [1.54, 1.807) is 12.3 Å². The summed E-state index contributed by atoms with van der Waals surface area (Å²) < 4.78 is 34.9. The Hall–Kier alpha value is -2.32. The van der Waals surface area contributed by atoms with Crippen molar-refractivity contribution in [3.05, 3.63) is 71.4 Å². The van der Waals surface area contributed by atoms with Crippen LogP contribution in [0.4, 0.5) is 0 Å². The minimum Gasteiger partial charge on any atom is -0.379 e. The second kappa shape index (κ2) is 8.81. The summed E-state index contributed by atoms with van der Waals surface area (Å²) >= 11 is 0. The van der Waals surface area contributed by atoms with Crippen molar-refractivity contribution in [1.29, 1.82) is 0 Å². The Kier molecular flexibility index (Phi) is 6.15. The third-order valence-corrected chi connectivity index (χ3v) is 6.96. The first-order valence-electron chi connectivity index (χ1n) is 10.2. The van der Waals surface area contributed by atoms with E-state index >= 15 is 0 Å². The van der Waals surface area contributed by atoms with E-state index in [4.69, 9.17) is 4.74 Å². The van der Waals surface area contributed by atoms with Gasteiger partial charge in [-0.25, -0.2) is 13.1 Å². The Bertz CT molecular complexity index is 1120.